The summed E-state index contributed by atoms with van der Waals surface area (Å²) in [7, 11) is 0. The Labute approximate surface area is 77.5 Å². The second-order valence-corrected chi connectivity index (χ2v) is 3.57. The maximum absolute atomic E-state index is 10.1. The van der Waals surface area contributed by atoms with Crippen molar-refractivity contribution >= 4 is 6.08 Å². The third-order valence-corrected chi connectivity index (χ3v) is 2.92. The number of aliphatic imine (C=N–C) groups is 1. The first-order valence-electron chi connectivity index (χ1n) is 4.73. The van der Waals surface area contributed by atoms with Gasteiger partial charge in [0.25, 0.3) is 0 Å². The van der Waals surface area contributed by atoms with Gasteiger partial charge in [0.1, 0.15) is 0 Å². The summed E-state index contributed by atoms with van der Waals surface area (Å²) in [5, 5.41) is 0. The Morgan fingerprint density at radius 2 is 2.46 bits per heavy atom. The first-order valence-corrected chi connectivity index (χ1v) is 4.73. The molecule has 0 aromatic rings. The van der Waals surface area contributed by atoms with E-state index in [-0.39, 0.29) is 12.1 Å². The lowest BCUT2D eigenvalue weighted by Gasteiger charge is -2.16. The number of rotatable bonds is 3. The quantitative estimate of drug-likeness (QED) is 0.372. The molecule has 4 unspecified atom stereocenters. The molecule has 2 aliphatic carbocycles. The number of isocyanates is 1. The molecule has 0 aromatic carbocycles. The Morgan fingerprint density at radius 1 is 1.62 bits per heavy atom. The lowest BCUT2D eigenvalue weighted by atomic mass is 10.0. The zero-order valence-electron chi connectivity index (χ0n) is 7.64. The van der Waals surface area contributed by atoms with Gasteiger partial charge in [-0.3, -0.25) is 0 Å². The van der Waals surface area contributed by atoms with Crippen LogP contribution in [0.25, 0.3) is 0 Å². The SMILES string of the molecule is CCOC1C2C=CC1C(N=C=O)C2. The van der Waals surface area contributed by atoms with Gasteiger partial charge >= 0.3 is 0 Å². The highest BCUT2D eigenvalue weighted by Gasteiger charge is 2.45. The Morgan fingerprint density at radius 3 is 3.15 bits per heavy atom. The van der Waals surface area contributed by atoms with Crippen molar-refractivity contribution in [2.75, 3.05) is 6.61 Å². The van der Waals surface area contributed by atoms with Crippen LogP contribution in [0.4, 0.5) is 0 Å². The van der Waals surface area contributed by atoms with Gasteiger partial charge in [-0.2, -0.15) is 0 Å². The minimum absolute atomic E-state index is 0.115. The predicted molar refractivity (Wildman–Crippen MR) is 48.1 cm³/mol. The van der Waals surface area contributed by atoms with Crippen LogP contribution in [0.1, 0.15) is 13.3 Å². The number of nitrogens with zero attached hydrogens (tertiary/aromatic N) is 1. The lowest BCUT2D eigenvalue weighted by molar-refractivity contribution is 0.0363. The Hall–Kier alpha value is -0.920. The molecule has 0 aromatic heterocycles. The van der Waals surface area contributed by atoms with Gasteiger partial charge in [0.15, 0.2) is 0 Å². The van der Waals surface area contributed by atoms with E-state index < -0.39 is 0 Å². The Bertz CT molecular complexity index is 268. The molecule has 2 bridgehead atoms. The fourth-order valence-corrected chi connectivity index (χ4v) is 2.40. The van der Waals surface area contributed by atoms with Crippen molar-refractivity contribution in [3.8, 4) is 0 Å². The standard InChI is InChI=1S/C10H13NO2/c1-2-13-10-7-3-4-8(10)9(5-7)11-6-12/h3-4,7-10H,2,5H2,1H3. The summed E-state index contributed by atoms with van der Waals surface area (Å²) in [6.07, 6.45) is 7.15. The summed E-state index contributed by atoms with van der Waals surface area (Å²) in [5.74, 6) is 0.776. The fraction of sp³-hybridized carbons (Fsp3) is 0.700. The third kappa shape index (κ3) is 1.34. The number of fused-ring (bicyclic) bond motifs is 2. The molecule has 0 spiro atoms. The van der Waals surface area contributed by atoms with Crippen molar-refractivity contribution < 1.29 is 9.53 Å². The molecular weight excluding hydrogens is 166 g/mol. The van der Waals surface area contributed by atoms with Crippen LogP contribution in [-0.4, -0.2) is 24.8 Å². The molecule has 1 saturated carbocycles. The van der Waals surface area contributed by atoms with Crippen LogP contribution in [0, 0.1) is 11.8 Å². The molecule has 70 valence electrons. The van der Waals surface area contributed by atoms with E-state index in [2.05, 4.69) is 17.1 Å². The molecule has 0 heterocycles. The first-order chi connectivity index (χ1) is 6.36. The van der Waals surface area contributed by atoms with E-state index in [1.54, 1.807) is 6.08 Å². The molecule has 2 aliphatic rings. The van der Waals surface area contributed by atoms with Gasteiger partial charge in [-0.25, -0.2) is 9.79 Å². The van der Waals surface area contributed by atoms with E-state index in [0.717, 1.165) is 13.0 Å². The van der Waals surface area contributed by atoms with E-state index in [0.29, 0.717) is 11.8 Å². The highest BCUT2D eigenvalue weighted by atomic mass is 16.5. The third-order valence-electron chi connectivity index (χ3n) is 2.92. The van der Waals surface area contributed by atoms with Crippen molar-refractivity contribution in [1.82, 2.24) is 0 Å². The fourth-order valence-electron chi connectivity index (χ4n) is 2.40. The van der Waals surface area contributed by atoms with Crippen molar-refractivity contribution in [1.29, 1.82) is 0 Å². The van der Waals surface area contributed by atoms with Gasteiger partial charge in [0.05, 0.1) is 12.1 Å². The summed E-state index contributed by atoms with van der Waals surface area (Å²) < 4.78 is 5.61. The first kappa shape index (κ1) is 8.67. The van der Waals surface area contributed by atoms with Crippen molar-refractivity contribution in [2.24, 2.45) is 16.8 Å². The van der Waals surface area contributed by atoms with Gasteiger partial charge in [0.2, 0.25) is 6.08 Å². The smallest absolute Gasteiger partial charge is 0.235 e. The predicted octanol–water partition coefficient (Wildman–Crippen LogP) is 1.30. The molecule has 3 nitrogen and oxygen atoms in total. The average molecular weight is 179 g/mol. The van der Waals surface area contributed by atoms with Gasteiger partial charge in [-0.1, -0.05) is 12.2 Å². The van der Waals surface area contributed by atoms with E-state index >= 15 is 0 Å². The van der Waals surface area contributed by atoms with Crippen molar-refractivity contribution in [3.05, 3.63) is 12.2 Å². The van der Waals surface area contributed by atoms with Crippen LogP contribution in [0.15, 0.2) is 17.1 Å². The summed E-state index contributed by atoms with van der Waals surface area (Å²) >= 11 is 0. The zero-order valence-corrected chi connectivity index (χ0v) is 7.64. The normalized spacial score (nSPS) is 40.7. The van der Waals surface area contributed by atoms with Crippen molar-refractivity contribution in [3.63, 3.8) is 0 Å². The maximum Gasteiger partial charge on any atom is 0.235 e. The molecule has 4 atom stereocenters. The van der Waals surface area contributed by atoms with E-state index in [4.69, 9.17) is 4.74 Å². The summed E-state index contributed by atoms with van der Waals surface area (Å²) in [6, 6.07) is 0.115. The zero-order chi connectivity index (χ0) is 9.26. The second-order valence-electron chi connectivity index (χ2n) is 3.57. The number of hydrogen-bond donors (Lipinski definition) is 0. The molecule has 0 amide bonds. The molecule has 0 aliphatic heterocycles. The molecule has 2 rings (SSSR count). The van der Waals surface area contributed by atoms with E-state index in [9.17, 15) is 4.79 Å². The Balaban J connectivity index is 2.09. The topological polar surface area (TPSA) is 38.7 Å². The van der Waals surface area contributed by atoms with Crippen LogP contribution >= 0.6 is 0 Å². The minimum atomic E-state index is 0.115. The van der Waals surface area contributed by atoms with Crippen LogP contribution in [0.3, 0.4) is 0 Å². The molecule has 1 fully saturated rings. The average Bonchev–Trinajstić information content (AvgIpc) is 2.64. The van der Waals surface area contributed by atoms with Crippen LogP contribution < -0.4 is 0 Å². The molecule has 0 saturated heterocycles. The van der Waals surface area contributed by atoms with Crippen molar-refractivity contribution in [2.45, 2.75) is 25.5 Å². The maximum atomic E-state index is 10.1. The minimum Gasteiger partial charge on any atom is -0.377 e. The van der Waals surface area contributed by atoms with Gasteiger partial charge in [-0.05, 0) is 13.3 Å². The number of hydrogen-bond acceptors (Lipinski definition) is 3. The van der Waals surface area contributed by atoms with Crippen LogP contribution in [0.2, 0.25) is 0 Å². The molecular formula is C10H13NO2. The monoisotopic (exact) mass is 179 g/mol. The van der Waals surface area contributed by atoms with Gasteiger partial charge in [-0.15, -0.1) is 0 Å². The molecule has 0 radical (unpaired) electrons. The number of ether oxygens (including phenoxy) is 1. The van der Waals surface area contributed by atoms with E-state index in [1.807, 2.05) is 6.92 Å². The largest absolute Gasteiger partial charge is 0.377 e. The Kier molecular flexibility index (Phi) is 2.30. The van der Waals surface area contributed by atoms with Crippen LogP contribution in [-0.2, 0) is 9.53 Å². The number of carbonyl (C=O) groups excluding carboxylic acids is 1. The molecule has 3 heteroatoms. The summed E-state index contributed by atoms with van der Waals surface area (Å²) in [6.45, 7) is 2.73. The summed E-state index contributed by atoms with van der Waals surface area (Å²) in [5.41, 5.74) is 0. The summed E-state index contributed by atoms with van der Waals surface area (Å²) in [4.78, 5) is 13.9. The van der Waals surface area contributed by atoms with Gasteiger partial charge < -0.3 is 4.74 Å². The molecule has 13 heavy (non-hydrogen) atoms. The lowest BCUT2D eigenvalue weighted by Crippen LogP contribution is -2.21. The van der Waals surface area contributed by atoms with E-state index in [1.165, 1.54) is 0 Å². The second kappa shape index (κ2) is 3.44. The molecule has 0 N–H and O–H groups in total. The van der Waals surface area contributed by atoms with Gasteiger partial charge in [0, 0.05) is 18.4 Å². The van der Waals surface area contributed by atoms with Crippen LogP contribution in [0.5, 0.6) is 0 Å². The highest BCUT2D eigenvalue weighted by Crippen LogP contribution is 2.42. The highest BCUT2D eigenvalue weighted by molar-refractivity contribution is 5.35.